The van der Waals surface area contributed by atoms with Crippen molar-refractivity contribution in [1.82, 2.24) is 15.5 Å². The Labute approximate surface area is 155 Å². The maximum atomic E-state index is 10.7. The standard InChI is InChI=1S/C19H29N5O2/c1-2-20-19(21-13-15-7-9-18(10-8-15)24(25)26)22-16-11-12-23(14-16)17-5-3-4-6-17/h7-10,16-17H,2-6,11-14H2,1H3,(H2,20,21,22). The molecule has 1 aliphatic carbocycles. The molecule has 1 heterocycles. The number of hydrogen-bond donors (Lipinski definition) is 2. The molecule has 0 radical (unpaired) electrons. The first-order valence-corrected chi connectivity index (χ1v) is 9.68. The molecule has 0 amide bonds. The summed E-state index contributed by atoms with van der Waals surface area (Å²) in [6.45, 7) is 5.64. The Morgan fingerprint density at radius 3 is 2.65 bits per heavy atom. The zero-order chi connectivity index (χ0) is 18.4. The number of hydrogen-bond acceptors (Lipinski definition) is 4. The van der Waals surface area contributed by atoms with E-state index in [4.69, 9.17) is 0 Å². The van der Waals surface area contributed by atoms with Gasteiger partial charge in [-0.2, -0.15) is 0 Å². The van der Waals surface area contributed by atoms with Gasteiger partial charge in [0.2, 0.25) is 0 Å². The molecular weight excluding hydrogens is 330 g/mol. The summed E-state index contributed by atoms with van der Waals surface area (Å²) in [7, 11) is 0. The number of nitro groups is 1. The molecule has 2 N–H and O–H groups in total. The van der Waals surface area contributed by atoms with Crippen molar-refractivity contribution in [2.75, 3.05) is 19.6 Å². The molecule has 1 atom stereocenters. The lowest BCUT2D eigenvalue weighted by Gasteiger charge is -2.24. The molecule has 1 aliphatic heterocycles. The van der Waals surface area contributed by atoms with Crippen LogP contribution in [-0.4, -0.2) is 47.5 Å². The molecule has 1 saturated heterocycles. The van der Waals surface area contributed by atoms with Gasteiger partial charge < -0.3 is 10.6 Å². The van der Waals surface area contributed by atoms with Crippen molar-refractivity contribution in [1.29, 1.82) is 0 Å². The van der Waals surface area contributed by atoms with Gasteiger partial charge in [0.25, 0.3) is 5.69 Å². The van der Waals surface area contributed by atoms with Gasteiger partial charge in [-0.25, -0.2) is 4.99 Å². The third-order valence-electron chi connectivity index (χ3n) is 5.31. The van der Waals surface area contributed by atoms with E-state index >= 15 is 0 Å². The van der Waals surface area contributed by atoms with Crippen LogP contribution in [0.3, 0.4) is 0 Å². The first-order chi connectivity index (χ1) is 12.7. The van der Waals surface area contributed by atoms with E-state index in [1.54, 1.807) is 12.1 Å². The van der Waals surface area contributed by atoms with Gasteiger partial charge in [-0.1, -0.05) is 25.0 Å². The molecule has 2 aliphatic rings. The predicted molar refractivity (Wildman–Crippen MR) is 103 cm³/mol. The van der Waals surface area contributed by atoms with Crippen molar-refractivity contribution >= 4 is 11.6 Å². The quantitative estimate of drug-likeness (QED) is 0.353. The molecule has 1 aromatic carbocycles. The van der Waals surface area contributed by atoms with Gasteiger partial charge in [0, 0.05) is 43.9 Å². The zero-order valence-corrected chi connectivity index (χ0v) is 15.5. The van der Waals surface area contributed by atoms with Gasteiger partial charge in [-0.3, -0.25) is 15.0 Å². The molecule has 1 unspecified atom stereocenters. The van der Waals surface area contributed by atoms with Crippen LogP contribution in [0.4, 0.5) is 5.69 Å². The van der Waals surface area contributed by atoms with Crippen LogP contribution in [-0.2, 0) is 6.54 Å². The fourth-order valence-corrected chi connectivity index (χ4v) is 3.91. The molecule has 7 heteroatoms. The first-order valence-electron chi connectivity index (χ1n) is 9.68. The number of nitrogens with one attached hydrogen (secondary N) is 2. The van der Waals surface area contributed by atoms with E-state index in [1.807, 2.05) is 0 Å². The Morgan fingerprint density at radius 2 is 2.00 bits per heavy atom. The van der Waals surface area contributed by atoms with Crippen molar-refractivity contribution < 1.29 is 4.92 Å². The van der Waals surface area contributed by atoms with E-state index < -0.39 is 0 Å². The number of nitrogens with zero attached hydrogens (tertiary/aromatic N) is 3. The van der Waals surface area contributed by atoms with Gasteiger partial charge in [0.05, 0.1) is 11.5 Å². The van der Waals surface area contributed by atoms with E-state index in [0.717, 1.165) is 37.1 Å². The lowest BCUT2D eigenvalue weighted by atomic mass is 10.2. The molecule has 1 saturated carbocycles. The van der Waals surface area contributed by atoms with Gasteiger partial charge in [-0.15, -0.1) is 0 Å². The monoisotopic (exact) mass is 359 g/mol. The number of non-ortho nitro benzene ring substituents is 1. The second-order valence-corrected chi connectivity index (χ2v) is 7.18. The highest BCUT2D eigenvalue weighted by Gasteiger charge is 2.30. The minimum absolute atomic E-state index is 0.112. The second kappa shape index (κ2) is 8.98. The average Bonchev–Trinajstić information content (AvgIpc) is 3.32. The minimum Gasteiger partial charge on any atom is -0.357 e. The van der Waals surface area contributed by atoms with Crippen molar-refractivity contribution in [2.45, 2.75) is 57.7 Å². The largest absolute Gasteiger partial charge is 0.357 e. The van der Waals surface area contributed by atoms with Gasteiger partial charge in [0.1, 0.15) is 0 Å². The molecule has 0 spiro atoms. The molecule has 1 aromatic rings. The Hall–Kier alpha value is -2.15. The first kappa shape index (κ1) is 18.6. The summed E-state index contributed by atoms with van der Waals surface area (Å²) in [4.78, 5) is 17.6. The Morgan fingerprint density at radius 1 is 1.27 bits per heavy atom. The zero-order valence-electron chi connectivity index (χ0n) is 15.5. The SMILES string of the molecule is CCNC(=NCc1ccc([N+](=O)[O-])cc1)NC1CCN(C2CCCC2)C1. The number of likely N-dealkylation sites (tertiary alicyclic amines) is 1. The summed E-state index contributed by atoms with van der Waals surface area (Å²) in [6.07, 6.45) is 6.59. The normalized spacial score (nSPS) is 21.9. The lowest BCUT2D eigenvalue weighted by Crippen LogP contribution is -2.45. The summed E-state index contributed by atoms with van der Waals surface area (Å²) in [5.74, 6) is 0.823. The highest BCUT2D eigenvalue weighted by Crippen LogP contribution is 2.26. The van der Waals surface area contributed by atoms with E-state index in [9.17, 15) is 10.1 Å². The Kier molecular flexibility index (Phi) is 6.44. The summed E-state index contributed by atoms with van der Waals surface area (Å²) in [6, 6.07) is 7.81. The highest BCUT2D eigenvalue weighted by atomic mass is 16.6. The number of guanidine groups is 1. The van der Waals surface area contributed by atoms with Crippen LogP contribution in [0, 0.1) is 10.1 Å². The fourth-order valence-electron chi connectivity index (χ4n) is 3.91. The maximum Gasteiger partial charge on any atom is 0.269 e. The van der Waals surface area contributed by atoms with E-state index in [2.05, 4.69) is 27.4 Å². The van der Waals surface area contributed by atoms with Gasteiger partial charge >= 0.3 is 0 Å². The summed E-state index contributed by atoms with van der Waals surface area (Å²) in [5.41, 5.74) is 1.08. The Balaban J connectivity index is 1.54. The summed E-state index contributed by atoms with van der Waals surface area (Å²) < 4.78 is 0. The van der Waals surface area contributed by atoms with Gasteiger partial charge in [-0.05, 0) is 31.7 Å². The third kappa shape index (κ3) is 4.94. The predicted octanol–water partition coefficient (Wildman–Crippen LogP) is 2.67. The molecule has 26 heavy (non-hydrogen) atoms. The average molecular weight is 359 g/mol. The minimum atomic E-state index is -0.380. The topological polar surface area (TPSA) is 82.8 Å². The van der Waals surface area contributed by atoms with Crippen LogP contribution < -0.4 is 10.6 Å². The van der Waals surface area contributed by atoms with Crippen molar-refractivity contribution in [3.8, 4) is 0 Å². The number of rotatable bonds is 6. The van der Waals surface area contributed by atoms with Crippen LogP contribution in [0.5, 0.6) is 0 Å². The third-order valence-corrected chi connectivity index (χ3v) is 5.31. The lowest BCUT2D eigenvalue weighted by molar-refractivity contribution is -0.384. The number of aliphatic imine (C=N–C) groups is 1. The summed E-state index contributed by atoms with van der Waals surface area (Å²) >= 11 is 0. The molecule has 7 nitrogen and oxygen atoms in total. The number of benzene rings is 1. The van der Waals surface area contributed by atoms with Crippen LogP contribution in [0.1, 0.15) is 44.6 Å². The summed E-state index contributed by atoms with van der Waals surface area (Å²) in [5, 5.41) is 17.6. The van der Waals surface area contributed by atoms with Crippen LogP contribution >= 0.6 is 0 Å². The van der Waals surface area contributed by atoms with Crippen molar-refractivity contribution in [3.05, 3.63) is 39.9 Å². The molecule has 2 fully saturated rings. The smallest absolute Gasteiger partial charge is 0.269 e. The van der Waals surface area contributed by atoms with E-state index in [-0.39, 0.29) is 10.6 Å². The highest BCUT2D eigenvalue weighted by molar-refractivity contribution is 5.80. The molecule has 0 aromatic heterocycles. The molecule has 142 valence electrons. The molecule has 3 rings (SSSR count). The van der Waals surface area contributed by atoms with Gasteiger partial charge in [0.15, 0.2) is 5.96 Å². The van der Waals surface area contributed by atoms with Crippen LogP contribution in [0.25, 0.3) is 0 Å². The molecule has 0 bridgehead atoms. The van der Waals surface area contributed by atoms with Crippen LogP contribution in [0.2, 0.25) is 0 Å². The fraction of sp³-hybridized carbons (Fsp3) is 0.632. The second-order valence-electron chi connectivity index (χ2n) is 7.18. The Bertz CT molecular complexity index is 625. The van der Waals surface area contributed by atoms with Crippen molar-refractivity contribution in [3.63, 3.8) is 0 Å². The van der Waals surface area contributed by atoms with Crippen molar-refractivity contribution in [2.24, 2.45) is 4.99 Å². The maximum absolute atomic E-state index is 10.7. The number of nitro benzene ring substituents is 1. The van der Waals surface area contributed by atoms with E-state index in [1.165, 1.54) is 44.4 Å². The van der Waals surface area contributed by atoms with E-state index in [0.29, 0.717) is 12.6 Å². The molecular formula is C19H29N5O2. The van der Waals surface area contributed by atoms with Crippen LogP contribution in [0.15, 0.2) is 29.3 Å².